The maximum Gasteiger partial charge on any atom is 0.200 e. The van der Waals surface area contributed by atoms with E-state index in [1.54, 1.807) is 6.07 Å². The second kappa shape index (κ2) is 6.72. The number of ketones is 1. The summed E-state index contributed by atoms with van der Waals surface area (Å²) in [6.45, 7) is 2.92. The van der Waals surface area contributed by atoms with Gasteiger partial charge in [-0.15, -0.1) is 0 Å². The fourth-order valence-electron chi connectivity index (χ4n) is 4.33. The normalized spacial score (nSPS) is 24.4. The zero-order valence-electron chi connectivity index (χ0n) is 14.5. The molecule has 1 unspecified atom stereocenters. The first-order chi connectivity index (χ1) is 12.1. The first-order valence-electron chi connectivity index (χ1n) is 9.22. The molecule has 1 fully saturated rings. The lowest BCUT2D eigenvalue weighted by molar-refractivity contribution is 0.0587. The van der Waals surface area contributed by atoms with Gasteiger partial charge in [0.05, 0.1) is 0 Å². The Kier molecular flexibility index (Phi) is 4.43. The number of benzene rings is 2. The van der Waals surface area contributed by atoms with Gasteiger partial charge in [-0.1, -0.05) is 54.6 Å². The molecule has 0 saturated carbocycles. The lowest BCUT2D eigenvalue weighted by atomic mass is 9.83. The molecule has 2 aromatic carbocycles. The van der Waals surface area contributed by atoms with Crippen LogP contribution in [0.15, 0.2) is 54.6 Å². The fraction of sp³-hybridized carbons (Fsp3) is 0.409. The van der Waals surface area contributed by atoms with E-state index in [-0.39, 0.29) is 12.2 Å². The minimum absolute atomic E-state index is 0.256. The third kappa shape index (κ3) is 3.38. The van der Waals surface area contributed by atoms with E-state index in [2.05, 4.69) is 29.2 Å². The predicted octanol–water partition coefficient (Wildman–Crippen LogP) is 4.44. The van der Waals surface area contributed by atoms with Crippen LogP contribution in [-0.4, -0.2) is 29.4 Å². The van der Waals surface area contributed by atoms with Crippen molar-refractivity contribution >= 4 is 5.78 Å². The number of alkyl halides is 1. The number of hydrogen-bond acceptors (Lipinski definition) is 2. The second-order valence-corrected chi connectivity index (χ2v) is 7.54. The van der Waals surface area contributed by atoms with Gasteiger partial charge >= 0.3 is 0 Å². The van der Waals surface area contributed by atoms with Gasteiger partial charge in [0.25, 0.3) is 0 Å². The van der Waals surface area contributed by atoms with E-state index in [0.717, 1.165) is 38.0 Å². The van der Waals surface area contributed by atoms with E-state index >= 15 is 4.39 Å². The van der Waals surface area contributed by atoms with Crippen molar-refractivity contribution in [2.24, 2.45) is 5.92 Å². The van der Waals surface area contributed by atoms with E-state index in [4.69, 9.17) is 0 Å². The van der Waals surface area contributed by atoms with Gasteiger partial charge in [0.15, 0.2) is 5.67 Å². The van der Waals surface area contributed by atoms with Gasteiger partial charge < -0.3 is 0 Å². The van der Waals surface area contributed by atoms with Crippen LogP contribution in [0.3, 0.4) is 0 Å². The van der Waals surface area contributed by atoms with Crippen molar-refractivity contribution in [3.05, 3.63) is 71.3 Å². The van der Waals surface area contributed by atoms with Crippen molar-refractivity contribution in [1.29, 1.82) is 0 Å². The highest BCUT2D eigenvalue weighted by Crippen LogP contribution is 2.39. The molecule has 0 spiro atoms. The van der Waals surface area contributed by atoms with Crippen molar-refractivity contribution in [3.8, 4) is 0 Å². The highest BCUT2D eigenvalue weighted by Gasteiger charge is 2.47. The van der Waals surface area contributed by atoms with E-state index < -0.39 is 5.67 Å². The molecular formula is C22H24FNO. The van der Waals surface area contributed by atoms with Crippen LogP contribution in [0.2, 0.25) is 0 Å². The quantitative estimate of drug-likeness (QED) is 0.822. The molecule has 2 nitrogen and oxygen atoms in total. The van der Waals surface area contributed by atoms with Crippen LogP contribution in [0.25, 0.3) is 0 Å². The van der Waals surface area contributed by atoms with Crippen LogP contribution in [0.5, 0.6) is 0 Å². The number of halogens is 1. The molecule has 0 bridgehead atoms. The maximum atomic E-state index is 15.4. The molecule has 3 heteroatoms. The predicted molar refractivity (Wildman–Crippen MR) is 97.4 cm³/mol. The number of likely N-dealkylation sites (tertiary alicyclic amines) is 1. The first-order valence-corrected chi connectivity index (χ1v) is 9.22. The summed E-state index contributed by atoms with van der Waals surface area (Å²) < 4.78 is 15.4. The standard InChI is InChI=1S/C22H24FNO/c23-22(15-19-8-4-5-9-20(19)21(22)25)14-17-10-12-24(13-11-17)16-18-6-2-1-3-7-18/h1-9,17H,10-16H2. The molecule has 0 radical (unpaired) electrons. The zero-order valence-corrected chi connectivity index (χ0v) is 14.5. The molecular weight excluding hydrogens is 313 g/mol. The Morgan fingerprint density at radius 3 is 2.40 bits per heavy atom. The molecule has 1 aliphatic carbocycles. The van der Waals surface area contributed by atoms with E-state index in [0.29, 0.717) is 17.9 Å². The van der Waals surface area contributed by atoms with Gasteiger partial charge in [-0.3, -0.25) is 9.69 Å². The number of piperidine rings is 1. The van der Waals surface area contributed by atoms with Crippen molar-refractivity contribution < 1.29 is 9.18 Å². The second-order valence-electron chi connectivity index (χ2n) is 7.54. The van der Waals surface area contributed by atoms with Crippen LogP contribution in [0.4, 0.5) is 4.39 Å². The number of fused-ring (bicyclic) bond motifs is 1. The molecule has 0 amide bonds. The summed E-state index contributed by atoms with van der Waals surface area (Å²) >= 11 is 0. The molecule has 25 heavy (non-hydrogen) atoms. The molecule has 2 aliphatic rings. The van der Waals surface area contributed by atoms with Gasteiger partial charge in [-0.25, -0.2) is 4.39 Å². The Balaban J connectivity index is 1.34. The molecule has 1 heterocycles. The van der Waals surface area contributed by atoms with Crippen molar-refractivity contribution in [1.82, 2.24) is 4.90 Å². The van der Waals surface area contributed by atoms with Crippen LogP contribution in [0, 0.1) is 5.92 Å². The van der Waals surface area contributed by atoms with Gasteiger partial charge in [-0.05, 0) is 49.4 Å². The Morgan fingerprint density at radius 2 is 1.68 bits per heavy atom. The molecule has 0 aromatic heterocycles. The third-order valence-corrected chi connectivity index (χ3v) is 5.71. The summed E-state index contributed by atoms with van der Waals surface area (Å²) in [7, 11) is 0. The average Bonchev–Trinajstić information content (AvgIpc) is 2.88. The van der Waals surface area contributed by atoms with Crippen LogP contribution in [-0.2, 0) is 13.0 Å². The molecule has 1 saturated heterocycles. The van der Waals surface area contributed by atoms with Crippen molar-refractivity contribution in [2.45, 2.75) is 37.9 Å². The average molecular weight is 337 g/mol. The summed E-state index contributed by atoms with van der Waals surface area (Å²) in [5.74, 6) is 0.00472. The number of rotatable bonds is 4. The minimum atomic E-state index is -1.68. The highest BCUT2D eigenvalue weighted by molar-refractivity contribution is 6.06. The molecule has 4 rings (SSSR count). The molecule has 0 N–H and O–H groups in total. The lowest BCUT2D eigenvalue weighted by Crippen LogP contribution is -2.38. The van der Waals surface area contributed by atoms with Gasteiger partial charge in [0.1, 0.15) is 0 Å². The topological polar surface area (TPSA) is 20.3 Å². The summed E-state index contributed by atoms with van der Waals surface area (Å²) in [5, 5.41) is 0. The van der Waals surface area contributed by atoms with Crippen molar-refractivity contribution in [3.63, 3.8) is 0 Å². The third-order valence-electron chi connectivity index (χ3n) is 5.71. The summed E-state index contributed by atoms with van der Waals surface area (Å²) in [6, 6.07) is 17.8. The zero-order chi connectivity index (χ0) is 17.3. The Hall–Kier alpha value is -2.00. The maximum absolute atomic E-state index is 15.4. The Labute approximate surface area is 148 Å². The van der Waals surface area contributed by atoms with E-state index in [1.165, 1.54) is 5.56 Å². The van der Waals surface area contributed by atoms with Crippen molar-refractivity contribution in [2.75, 3.05) is 13.1 Å². The van der Waals surface area contributed by atoms with Gasteiger partial charge in [-0.2, -0.15) is 0 Å². The Bertz CT molecular complexity index is 752. The molecule has 2 aromatic rings. The summed E-state index contributed by atoms with van der Waals surface area (Å²) in [6.07, 6.45) is 2.58. The molecule has 130 valence electrons. The van der Waals surface area contributed by atoms with Gasteiger partial charge in [0, 0.05) is 18.5 Å². The number of Topliss-reactive ketones (excluding diaryl/α,β-unsaturated/α-hetero) is 1. The van der Waals surface area contributed by atoms with Gasteiger partial charge in [0.2, 0.25) is 5.78 Å². The smallest absolute Gasteiger partial charge is 0.200 e. The number of carbonyl (C=O) groups is 1. The highest BCUT2D eigenvalue weighted by atomic mass is 19.1. The summed E-state index contributed by atoms with van der Waals surface area (Å²) in [5.41, 5.74) is 1.10. The lowest BCUT2D eigenvalue weighted by Gasteiger charge is -2.34. The fourth-order valence-corrected chi connectivity index (χ4v) is 4.33. The summed E-state index contributed by atoms with van der Waals surface area (Å²) in [4.78, 5) is 14.9. The molecule has 1 aliphatic heterocycles. The monoisotopic (exact) mass is 337 g/mol. The molecule has 1 atom stereocenters. The number of hydrogen-bond donors (Lipinski definition) is 0. The van der Waals surface area contributed by atoms with E-state index in [9.17, 15) is 4.79 Å². The van der Waals surface area contributed by atoms with Crippen LogP contribution < -0.4 is 0 Å². The number of nitrogens with zero attached hydrogens (tertiary/aromatic N) is 1. The largest absolute Gasteiger partial charge is 0.299 e. The minimum Gasteiger partial charge on any atom is -0.299 e. The Morgan fingerprint density at radius 1 is 1.00 bits per heavy atom. The van der Waals surface area contributed by atoms with Crippen LogP contribution >= 0.6 is 0 Å². The number of carbonyl (C=O) groups excluding carboxylic acids is 1. The van der Waals surface area contributed by atoms with Crippen LogP contribution in [0.1, 0.15) is 40.7 Å². The van der Waals surface area contributed by atoms with E-state index in [1.807, 2.05) is 24.3 Å². The first kappa shape index (κ1) is 16.5. The SMILES string of the molecule is O=C1c2ccccc2CC1(F)CC1CCN(Cc2ccccc2)CC1.